The second-order valence-corrected chi connectivity index (χ2v) is 3.61. The number of rotatable bonds is 9. The Labute approximate surface area is 82.3 Å². The smallest absolute Gasteiger partial charge is 0.0547 e. The highest BCUT2D eigenvalue weighted by Crippen LogP contribution is 2.04. The predicted octanol–water partition coefficient (Wildman–Crippen LogP) is 2.74. The summed E-state index contributed by atoms with van der Waals surface area (Å²) < 4.78 is 5.58. The molecule has 0 aromatic heterocycles. The molecule has 0 aliphatic heterocycles. The van der Waals surface area contributed by atoms with Crippen LogP contribution in [0.25, 0.3) is 0 Å². The molecule has 0 aromatic carbocycles. The summed E-state index contributed by atoms with van der Waals surface area (Å²) in [5, 5.41) is 8.60. The third-order valence-electron chi connectivity index (χ3n) is 2.17. The van der Waals surface area contributed by atoms with Crippen LogP contribution in [0.15, 0.2) is 0 Å². The van der Waals surface area contributed by atoms with Crippen molar-refractivity contribution < 1.29 is 9.84 Å². The Balaban J connectivity index is 3.03. The van der Waals surface area contributed by atoms with E-state index in [1.54, 1.807) is 0 Å². The largest absolute Gasteiger partial charge is 0.396 e. The fourth-order valence-electron chi connectivity index (χ4n) is 1.28. The van der Waals surface area contributed by atoms with Crippen LogP contribution in [0, 0.1) is 0 Å². The Kier molecular flexibility index (Phi) is 9.94. The second kappa shape index (κ2) is 10.0. The summed E-state index contributed by atoms with van der Waals surface area (Å²) in [6, 6.07) is 0. The van der Waals surface area contributed by atoms with Crippen molar-refractivity contribution in [2.45, 2.75) is 58.5 Å². The van der Waals surface area contributed by atoms with Gasteiger partial charge < -0.3 is 9.84 Å². The van der Waals surface area contributed by atoms with Crippen molar-refractivity contribution in [2.24, 2.45) is 0 Å². The fraction of sp³-hybridized carbons (Fsp3) is 1.00. The third-order valence-corrected chi connectivity index (χ3v) is 2.17. The predicted molar refractivity (Wildman–Crippen MR) is 55.9 cm³/mol. The number of aliphatic hydroxyl groups excluding tert-OH is 1. The molecule has 0 fully saturated rings. The minimum absolute atomic E-state index is 0.281. The third kappa shape index (κ3) is 9.84. The maximum Gasteiger partial charge on any atom is 0.0547 e. The van der Waals surface area contributed by atoms with E-state index in [4.69, 9.17) is 9.84 Å². The molecule has 0 radical (unpaired) electrons. The van der Waals surface area contributed by atoms with Gasteiger partial charge in [0.2, 0.25) is 0 Å². The summed E-state index contributed by atoms with van der Waals surface area (Å²) in [5.41, 5.74) is 0. The first-order chi connectivity index (χ1) is 6.31. The van der Waals surface area contributed by atoms with Gasteiger partial charge in [-0.25, -0.2) is 0 Å². The lowest BCUT2D eigenvalue weighted by atomic mass is 10.2. The van der Waals surface area contributed by atoms with E-state index in [-0.39, 0.29) is 6.61 Å². The minimum Gasteiger partial charge on any atom is -0.396 e. The normalized spacial score (nSPS) is 13.2. The van der Waals surface area contributed by atoms with Crippen LogP contribution < -0.4 is 0 Å². The molecule has 1 N–H and O–H groups in total. The lowest BCUT2D eigenvalue weighted by Crippen LogP contribution is -2.09. The van der Waals surface area contributed by atoms with Crippen LogP contribution in [-0.4, -0.2) is 24.4 Å². The summed E-state index contributed by atoms with van der Waals surface area (Å²) in [6.07, 6.45) is 7.20. The fourth-order valence-corrected chi connectivity index (χ4v) is 1.28. The first-order valence-electron chi connectivity index (χ1n) is 5.53. The van der Waals surface area contributed by atoms with E-state index in [1.165, 1.54) is 25.7 Å². The zero-order valence-electron chi connectivity index (χ0n) is 9.09. The molecule has 2 nitrogen and oxygen atoms in total. The van der Waals surface area contributed by atoms with E-state index in [0.717, 1.165) is 19.4 Å². The Hall–Kier alpha value is -0.0800. The minimum atomic E-state index is 0.281. The molecule has 1 atom stereocenters. The monoisotopic (exact) mass is 188 g/mol. The molecule has 80 valence electrons. The molecule has 0 bridgehead atoms. The lowest BCUT2D eigenvalue weighted by molar-refractivity contribution is 0.0527. The van der Waals surface area contributed by atoms with Gasteiger partial charge in [0.1, 0.15) is 0 Å². The van der Waals surface area contributed by atoms with Gasteiger partial charge in [0.15, 0.2) is 0 Å². The van der Waals surface area contributed by atoms with Crippen molar-refractivity contribution in [3.63, 3.8) is 0 Å². The summed E-state index contributed by atoms with van der Waals surface area (Å²) in [5.74, 6) is 0. The Morgan fingerprint density at radius 2 is 1.92 bits per heavy atom. The summed E-state index contributed by atoms with van der Waals surface area (Å²) in [7, 11) is 0. The molecule has 1 unspecified atom stereocenters. The number of ether oxygens (including phenoxy) is 1. The standard InChI is InChI=1S/C11H24O2/c1-3-4-5-6-10-13-11(2)8-7-9-12/h11-12H,3-10H2,1-2H3. The van der Waals surface area contributed by atoms with Crippen LogP contribution >= 0.6 is 0 Å². The van der Waals surface area contributed by atoms with Gasteiger partial charge in [0.25, 0.3) is 0 Å². The van der Waals surface area contributed by atoms with Gasteiger partial charge in [0, 0.05) is 13.2 Å². The molecule has 0 aliphatic rings. The van der Waals surface area contributed by atoms with Crippen molar-refractivity contribution in [1.29, 1.82) is 0 Å². The summed E-state index contributed by atoms with van der Waals surface area (Å²) in [4.78, 5) is 0. The molecule has 13 heavy (non-hydrogen) atoms. The molecule has 0 saturated carbocycles. The van der Waals surface area contributed by atoms with Gasteiger partial charge >= 0.3 is 0 Å². The molecule has 0 spiro atoms. The molecule has 0 heterocycles. The maximum absolute atomic E-state index is 8.60. The molecular formula is C11H24O2. The van der Waals surface area contributed by atoms with Crippen LogP contribution in [-0.2, 0) is 4.74 Å². The van der Waals surface area contributed by atoms with Gasteiger partial charge in [-0.2, -0.15) is 0 Å². The van der Waals surface area contributed by atoms with Crippen molar-refractivity contribution in [3.05, 3.63) is 0 Å². The molecule has 2 heteroatoms. The van der Waals surface area contributed by atoms with E-state index in [2.05, 4.69) is 13.8 Å². The lowest BCUT2D eigenvalue weighted by Gasteiger charge is -2.11. The molecule has 0 amide bonds. The number of hydrogen-bond donors (Lipinski definition) is 1. The Morgan fingerprint density at radius 1 is 1.15 bits per heavy atom. The summed E-state index contributed by atoms with van der Waals surface area (Å²) in [6.45, 7) is 5.45. The molecule has 0 saturated heterocycles. The van der Waals surface area contributed by atoms with Crippen LogP contribution in [0.2, 0.25) is 0 Å². The van der Waals surface area contributed by atoms with Crippen molar-refractivity contribution >= 4 is 0 Å². The Morgan fingerprint density at radius 3 is 2.54 bits per heavy atom. The second-order valence-electron chi connectivity index (χ2n) is 3.61. The van der Waals surface area contributed by atoms with Crippen molar-refractivity contribution in [2.75, 3.05) is 13.2 Å². The highest BCUT2D eigenvalue weighted by molar-refractivity contribution is 4.50. The average molecular weight is 188 g/mol. The van der Waals surface area contributed by atoms with Crippen molar-refractivity contribution in [3.8, 4) is 0 Å². The van der Waals surface area contributed by atoms with E-state index >= 15 is 0 Å². The first kappa shape index (κ1) is 12.9. The van der Waals surface area contributed by atoms with Gasteiger partial charge in [-0.05, 0) is 26.2 Å². The van der Waals surface area contributed by atoms with Crippen molar-refractivity contribution in [1.82, 2.24) is 0 Å². The van der Waals surface area contributed by atoms with E-state index < -0.39 is 0 Å². The molecule has 0 aromatic rings. The first-order valence-corrected chi connectivity index (χ1v) is 5.53. The quantitative estimate of drug-likeness (QED) is 0.564. The van der Waals surface area contributed by atoms with E-state index in [0.29, 0.717) is 6.10 Å². The number of unbranched alkanes of at least 4 members (excludes halogenated alkanes) is 3. The van der Waals surface area contributed by atoms with E-state index in [9.17, 15) is 0 Å². The highest BCUT2D eigenvalue weighted by Gasteiger charge is 2.00. The van der Waals surface area contributed by atoms with Crippen LogP contribution in [0.5, 0.6) is 0 Å². The van der Waals surface area contributed by atoms with Crippen LogP contribution in [0.4, 0.5) is 0 Å². The number of aliphatic hydroxyl groups is 1. The Bertz CT molecular complexity index is 94.1. The van der Waals surface area contributed by atoms with Crippen LogP contribution in [0.3, 0.4) is 0 Å². The molecule has 0 rings (SSSR count). The topological polar surface area (TPSA) is 29.5 Å². The SMILES string of the molecule is CCCCCCOC(C)CCCO. The molecule has 0 aliphatic carbocycles. The van der Waals surface area contributed by atoms with Gasteiger partial charge in [-0.3, -0.25) is 0 Å². The van der Waals surface area contributed by atoms with Gasteiger partial charge in [-0.15, -0.1) is 0 Å². The maximum atomic E-state index is 8.60. The summed E-state index contributed by atoms with van der Waals surface area (Å²) >= 11 is 0. The number of hydrogen-bond acceptors (Lipinski definition) is 2. The highest BCUT2D eigenvalue weighted by atomic mass is 16.5. The van der Waals surface area contributed by atoms with Crippen LogP contribution in [0.1, 0.15) is 52.4 Å². The zero-order chi connectivity index (χ0) is 9.94. The molecular weight excluding hydrogens is 164 g/mol. The van der Waals surface area contributed by atoms with Gasteiger partial charge in [0.05, 0.1) is 6.10 Å². The average Bonchev–Trinajstić information content (AvgIpc) is 2.14. The van der Waals surface area contributed by atoms with Gasteiger partial charge in [-0.1, -0.05) is 26.2 Å². The zero-order valence-corrected chi connectivity index (χ0v) is 9.09. The van der Waals surface area contributed by atoms with E-state index in [1.807, 2.05) is 0 Å².